The Morgan fingerprint density at radius 1 is 1.00 bits per heavy atom. The van der Waals surface area contributed by atoms with Gasteiger partial charge in [-0.1, -0.05) is 52.0 Å². The maximum absolute atomic E-state index is 11.8. The molecule has 1 aromatic rings. The van der Waals surface area contributed by atoms with Gasteiger partial charge in [0.25, 0.3) is 0 Å². The third-order valence-corrected chi connectivity index (χ3v) is 3.70. The number of hydrogen-bond donors (Lipinski definition) is 3. The molecule has 128 valence electrons. The minimum absolute atomic E-state index is 0.0659. The van der Waals surface area contributed by atoms with E-state index in [2.05, 4.69) is 67.9 Å². The zero-order chi connectivity index (χ0) is 17.4. The van der Waals surface area contributed by atoms with E-state index < -0.39 is 6.03 Å². The van der Waals surface area contributed by atoms with E-state index in [1.54, 1.807) is 6.92 Å². The van der Waals surface area contributed by atoms with Crippen molar-refractivity contribution in [1.82, 2.24) is 16.0 Å². The van der Waals surface area contributed by atoms with Crippen LogP contribution in [-0.2, 0) is 4.79 Å². The first-order chi connectivity index (χ1) is 10.8. The summed E-state index contributed by atoms with van der Waals surface area (Å²) in [7, 11) is 0. The molecule has 0 bridgehead atoms. The number of hydrogen-bond acceptors (Lipinski definition) is 3. The van der Waals surface area contributed by atoms with Gasteiger partial charge in [-0.15, -0.1) is 0 Å². The molecule has 0 radical (unpaired) electrons. The Labute approximate surface area is 139 Å². The zero-order valence-corrected chi connectivity index (χ0v) is 14.8. The minimum atomic E-state index is -0.457. The van der Waals surface area contributed by atoms with Gasteiger partial charge >= 0.3 is 6.03 Å². The Bertz CT molecular complexity index is 510. The predicted molar refractivity (Wildman–Crippen MR) is 93.3 cm³/mol. The van der Waals surface area contributed by atoms with Crippen LogP contribution in [0.3, 0.4) is 0 Å². The van der Waals surface area contributed by atoms with Crippen LogP contribution < -0.4 is 16.0 Å². The van der Waals surface area contributed by atoms with Crippen LogP contribution in [0.15, 0.2) is 24.3 Å². The van der Waals surface area contributed by atoms with Gasteiger partial charge in [-0.25, -0.2) is 4.79 Å². The Kier molecular flexibility index (Phi) is 7.75. The topological polar surface area (TPSA) is 70.2 Å². The Morgan fingerprint density at radius 3 is 2.04 bits per heavy atom. The standard InChI is InChI=1S/C18H29N3O2/c1-6-19-18(23)21-16(22)11-20-17(13(4)5)15-9-7-14(8-10-15)12(2)3/h7-10,12-13,17,20H,6,11H2,1-5H3,(H2,19,21,22,23)/t17-/m1/s1. The highest BCUT2D eigenvalue weighted by Gasteiger charge is 2.17. The molecule has 5 heteroatoms. The molecule has 0 saturated carbocycles. The van der Waals surface area contributed by atoms with Gasteiger partial charge in [-0.2, -0.15) is 0 Å². The van der Waals surface area contributed by atoms with Crippen LogP contribution in [0.5, 0.6) is 0 Å². The number of carbonyl (C=O) groups is 2. The normalized spacial score (nSPS) is 12.3. The SMILES string of the molecule is CCNC(=O)NC(=O)CN[C@@H](c1ccc(C(C)C)cc1)C(C)C. The van der Waals surface area contributed by atoms with Gasteiger partial charge in [-0.05, 0) is 29.9 Å². The van der Waals surface area contributed by atoms with E-state index >= 15 is 0 Å². The summed E-state index contributed by atoms with van der Waals surface area (Å²) in [6.45, 7) is 10.9. The lowest BCUT2D eigenvalue weighted by Crippen LogP contribution is -2.44. The van der Waals surface area contributed by atoms with Crippen molar-refractivity contribution >= 4 is 11.9 Å². The summed E-state index contributed by atoms with van der Waals surface area (Å²) in [4.78, 5) is 23.1. The third-order valence-electron chi connectivity index (χ3n) is 3.70. The molecule has 0 saturated heterocycles. The molecule has 3 N–H and O–H groups in total. The summed E-state index contributed by atoms with van der Waals surface area (Å²) < 4.78 is 0. The summed E-state index contributed by atoms with van der Waals surface area (Å²) in [6.07, 6.45) is 0. The summed E-state index contributed by atoms with van der Waals surface area (Å²) in [5.41, 5.74) is 2.44. The van der Waals surface area contributed by atoms with Crippen molar-refractivity contribution in [2.24, 2.45) is 5.92 Å². The highest BCUT2D eigenvalue weighted by molar-refractivity contribution is 5.95. The maximum atomic E-state index is 11.8. The molecule has 5 nitrogen and oxygen atoms in total. The van der Waals surface area contributed by atoms with Crippen LogP contribution in [0.25, 0.3) is 0 Å². The third kappa shape index (κ3) is 6.40. The van der Waals surface area contributed by atoms with Gasteiger partial charge in [0.2, 0.25) is 5.91 Å². The fourth-order valence-corrected chi connectivity index (χ4v) is 2.40. The fourth-order valence-electron chi connectivity index (χ4n) is 2.40. The van der Waals surface area contributed by atoms with Crippen LogP contribution in [0.2, 0.25) is 0 Å². The maximum Gasteiger partial charge on any atom is 0.321 e. The molecule has 0 spiro atoms. The van der Waals surface area contributed by atoms with E-state index in [9.17, 15) is 9.59 Å². The summed E-state index contributed by atoms with van der Waals surface area (Å²) in [6, 6.07) is 8.08. The molecule has 0 aliphatic rings. The van der Waals surface area contributed by atoms with E-state index in [1.807, 2.05) is 0 Å². The van der Waals surface area contributed by atoms with Crippen molar-refractivity contribution in [3.05, 3.63) is 35.4 Å². The second-order valence-electron chi connectivity index (χ2n) is 6.33. The molecule has 23 heavy (non-hydrogen) atoms. The van der Waals surface area contributed by atoms with Crippen LogP contribution in [0, 0.1) is 5.92 Å². The molecular weight excluding hydrogens is 290 g/mol. The second-order valence-corrected chi connectivity index (χ2v) is 6.33. The molecule has 1 atom stereocenters. The lowest BCUT2D eigenvalue weighted by atomic mass is 9.93. The van der Waals surface area contributed by atoms with E-state index in [4.69, 9.17) is 0 Å². The van der Waals surface area contributed by atoms with Gasteiger partial charge in [0.05, 0.1) is 6.54 Å². The number of amides is 3. The van der Waals surface area contributed by atoms with E-state index in [-0.39, 0.29) is 18.5 Å². The molecule has 1 rings (SSSR count). The number of rotatable bonds is 7. The molecule has 0 aromatic heterocycles. The van der Waals surface area contributed by atoms with Gasteiger partial charge in [0.15, 0.2) is 0 Å². The van der Waals surface area contributed by atoms with Crippen molar-refractivity contribution in [3.63, 3.8) is 0 Å². The smallest absolute Gasteiger partial charge is 0.321 e. The lowest BCUT2D eigenvalue weighted by molar-refractivity contribution is -0.119. The molecule has 0 unspecified atom stereocenters. The highest BCUT2D eigenvalue weighted by Crippen LogP contribution is 2.23. The Balaban J connectivity index is 2.65. The quantitative estimate of drug-likeness (QED) is 0.723. The molecular formula is C18H29N3O2. The van der Waals surface area contributed by atoms with Gasteiger partial charge in [0.1, 0.15) is 0 Å². The highest BCUT2D eigenvalue weighted by atomic mass is 16.2. The molecule has 3 amide bonds. The molecule has 0 heterocycles. The molecule has 0 aliphatic heterocycles. The van der Waals surface area contributed by atoms with Gasteiger partial charge in [-0.3, -0.25) is 10.1 Å². The van der Waals surface area contributed by atoms with Gasteiger partial charge in [0, 0.05) is 12.6 Å². The van der Waals surface area contributed by atoms with Crippen molar-refractivity contribution in [2.45, 2.75) is 46.6 Å². The molecule has 0 aliphatic carbocycles. The van der Waals surface area contributed by atoms with E-state index in [0.717, 1.165) is 5.56 Å². The van der Waals surface area contributed by atoms with Crippen molar-refractivity contribution in [3.8, 4) is 0 Å². The number of urea groups is 1. The predicted octanol–water partition coefficient (Wildman–Crippen LogP) is 2.94. The summed E-state index contributed by atoms with van der Waals surface area (Å²) in [5.74, 6) is 0.495. The molecule has 1 aromatic carbocycles. The average molecular weight is 319 g/mol. The number of nitrogens with one attached hydrogen (secondary N) is 3. The number of imide groups is 1. The summed E-state index contributed by atoms with van der Waals surface area (Å²) in [5, 5.41) is 8.08. The van der Waals surface area contributed by atoms with Crippen LogP contribution in [0.1, 0.15) is 57.7 Å². The zero-order valence-electron chi connectivity index (χ0n) is 14.8. The Morgan fingerprint density at radius 2 is 1.57 bits per heavy atom. The number of benzene rings is 1. The van der Waals surface area contributed by atoms with Crippen LogP contribution >= 0.6 is 0 Å². The van der Waals surface area contributed by atoms with Crippen molar-refractivity contribution in [1.29, 1.82) is 0 Å². The monoisotopic (exact) mass is 319 g/mol. The van der Waals surface area contributed by atoms with Gasteiger partial charge < -0.3 is 10.6 Å². The first-order valence-electron chi connectivity index (χ1n) is 8.26. The second kappa shape index (κ2) is 9.30. The van der Waals surface area contributed by atoms with Crippen LogP contribution in [-0.4, -0.2) is 25.0 Å². The van der Waals surface area contributed by atoms with E-state index in [1.165, 1.54) is 5.56 Å². The number of carbonyl (C=O) groups excluding carboxylic acids is 2. The average Bonchev–Trinajstić information content (AvgIpc) is 2.47. The van der Waals surface area contributed by atoms with Crippen LogP contribution in [0.4, 0.5) is 4.79 Å². The fraction of sp³-hybridized carbons (Fsp3) is 0.556. The van der Waals surface area contributed by atoms with Crippen molar-refractivity contribution in [2.75, 3.05) is 13.1 Å². The van der Waals surface area contributed by atoms with E-state index in [0.29, 0.717) is 18.4 Å². The minimum Gasteiger partial charge on any atom is -0.338 e. The Hall–Kier alpha value is -1.88. The molecule has 0 fully saturated rings. The largest absolute Gasteiger partial charge is 0.338 e. The summed E-state index contributed by atoms with van der Waals surface area (Å²) >= 11 is 0. The lowest BCUT2D eigenvalue weighted by Gasteiger charge is -2.23. The first-order valence-corrected chi connectivity index (χ1v) is 8.26. The first kappa shape index (κ1) is 19.2. The van der Waals surface area contributed by atoms with Crippen molar-refractivity contribution < 1.29 is 9.59 Å².